The van der Waals surface area contributed by atoms with Crippen molar-refractivity contribution in [1.29, 1.82) is 0 Å². The summed E-state index contributed by atoms with van der Waals surface area (Å²) in [7, 11) is 0. The molecule has 0 radical (unpaired) electrons. The van der Waals surface area contributed by atoms with Gasteiger partial charge in [-0.2, -0.15) is 0 Å². The number of rotatable bonds is 6. The number of hydrogen-bond donors (Lipinski definition) is 3. The van der Waals surface area contributed by atoms with E-state index in [0.717, 1.165) is 55.5 Å². The van der Waals surface area contributed by atoms with Crippen LogP contribution in [-0.4, -0.2) is 18.5 Å². The summed E-state index contributed by atoms with van der Waals surface area (Å²) in [6.07, 6.45) is 8.52. The normalized spacial score (nSPS) is 21.0. The molecule has 2 aliphatic rings. The van der Waals surface area contributed by atoms with Crippen LogP contribution >= 0.6 is 0 Å². The van der Waals surface area contributed by atoms with Crippen LogP contribution in [0.25, 0.3) is 0 Å². The highest BCUT2D eigenvalue weighted by molar-refractivity contribution is 5.85. The van der Waals surface area contributed by atoms with Crippen molar-refractivity contribution in [2.24, 2.45) is 11.7 Å². The van der Waals surface area contributed by atoms with E-state index in [9.17, 15) is 4.79 Å². The zero-order chi connectivity index (χ0) is 19.4. The van der Waals surface area contributed by atoms with Crippen LogP contribution in [0.15, 0.2) is 41.1 Å². The lowest BCUT2D eigenvalue weighted by Gasteiger charge is -2.26. The molecule has 146 valence electrons. The molecule has 1 amide bonds. The van der Waals surface area contributed by atoms with E-state index in [1.54, 1.807) is 0 Å². The Morgan fingerprint density at radius 1 is 1.26 bits per heavy atom. The second-order valence-electron chi connectivity index (χ2n) is 8.26. The minimum absolute atomic E-state index is 0.0627. The minimum Gasteiger partial charge on any atom is -0.359 e. The van der Waals surface area contributed by atoms with E-state index in [1.165, 1.54) is 16.7 Å². The Balaban J connectivity index is 1.69. The zero-order valence-electron chi connectivity index (χ0n) is 16.9. The molecule has 1 aromatic carbocycles. The van der Waals surface area contributed by atoms with Crippen LogP contribution in [0, 0.1) is 19.8 Å². The number of aryl methyl sites for hydroxylation is 2. The molecule has 1 aromatic rings. The van der Waals surface area contributed by atoms with Gasteiger partial charge in [-0.1, -0.05) is 36.3 Å². The van der Waals surface area contributed by atoms with Gasteiger partial charge in [-0.15, -0.1) is 0 Å². The summed E-state index contributed by atoms with van der Waals surface area (Å²) in [6, 6.07) is 5.83. The molecular formula is C23H33N3O. The molecule has 2 unspecified atom stereocenters. The third-order valence-electron chi connectivity index (χ3n) is 5.75. The van der Waals surface area contributed by atoms with Crippen molar-refractivity contribution in [3.05, 3.63) is 52.2 Å². The molecular weight excluding hydrogens is 334 g/mol. The Hall–Kier alpha value is -2.07. The van der Waals surface area contributed by atoms with Crippen molar-refractivity contribution in [2.45, 2.75) is 65.3 Å². The summed E-state index contributed by atoms with van der Waals surface area (Å²) < 4.78 is 0. The third-order valence-corrected chi connectivity index (χ3v) is 5.75. The fourth-order valence-corrected chi connectivity index (χ4v) is 4.13. The largest absolute Gasteiger partial charge is 0.359 e. The van der Waals surface area contributed by atoms with Gasteiger partial charge in [-0.3, -0.25) is 4.79 Å². The molecule has 0 heterocycles. The quantitative estimate of drug-likeness (QED) is 0.655. The van der Waals surface area contributed by atoms with Crippen LogP contribution in [0.1, 0.15) is 56.6 Å². The third kappa shape index (κ3) is 5.01. The Bertz CT molecular complexity index is 763. The number of benzene rings is 1. The highest BCUT2D eigenvalue weighted by Gasteiger charge is 2.25. The molecule has 4 heteroatoms. The first-order valence-corrected chi connectivity index (χ1v) is 10.2. The molecule has 2 aliphatic carbocycles. The zero-order valence-corrected chi connectivity index (χ0v) is 16.9. The molecule has 3 rings (SSSR count). The molecule has 0 aliphatic heterocycles. The van der Waals surface area contributed by atoms with Gasteiger partial charge in [-0.25, -0.2) is 0 Å². The van der Waals surface area contributed by atoms with E-state index in [0.29, 0.717) is 12.5 Å². The number of hydrogen-bond acceptors (Lipinski definition) is 3. The maximum Gasteiger partial charge on any atom is 0.241 e. The SMILES string of the molecule is Cc1ccc(NC2=C(C(N)C(=O)NCC3=CCC(C)C3)CCCC2)c(C)c1. The number of carbonyl (C=O) groups is 1. The van der Waals surface area contributed by atoms with Crippen LogP contribution in [0.4, 0.5) is 5.69 Å². The molecule has 0 saturated carbocycles. The lowest BCUT2D eigenvalue weighted by atomic mass is 9.90. The summed E-state index contributed by atoms with van der Waals surface area (Å²) in [6.45, 7) is 7.09. The summed E-state index contributed by atoms with van der Waals surface area (Å²) in [5.74, 6) is 0.632. The van der Waals surface area contributed by atoms with Crippen LogP contribution in [0.5, 0.6) is 0 Å². The maximum absolute atomic E-state index is 12.7. The van der Waals surface area contributed by atoms with Crippen LogP contribution in [0.2, 0.25) is 0 Å². The fourth-order valence-electron chi connectivity index (χ4n) is 4.13. The maximum atomic E-state index is 12.7. The Morgan fingerprint density at radius 3 is 2.74 bits per heavy atom. The molecule has 0 aromatic heterocycles. The first kappa shape index (κ1) is 19.7. The monoisotopic (exact) mass is 367 g/mol. The summed E-state index contributed by atoms with van der Waals surface area (Å²) in [5.41, 5.74) is 13.5. The predicted octanol–water partition coefficient (Wildman–Crippen LogP) is 4.34. The molecule has 27 heavy (non-hydrogen) atoms. The highest BCUT2D eigenvalue weighted by atomic mass is 16.2. The summed E-state index contributed by atoms with van der Waals surface area (Å²) in [5, 5.41) is 6.62. The summed E-state index contributed by atoms with van der Waals surface area (Å²) in [4.78, 5) is 12.7. The van der Waals surface area contributed by atoms with E-state index in [2.05, 4.69) is 55.7 Å². The lowest BCUT2D eigenvalue weighted by molar-refractivity contribution is -0.121. The van der Waals surface area contributed by atoms with Gasteiger partial charge in [-0.05, 0) is 75.5 Å². The average molecular weight is 368 g/mol. The number of nitrogens with one attached hydrogen (secondary N) is 2. The molecule has 0 spiro atoms. The number of nitrogens with two attached hydrogens (primary N) is 1. The van der Waals surface area contributed by atoms with Gasteiger partial charge in [0.05, 0.1) is 0 Å². The van der Waals surface area contributed by atoms with Crippen molar-refractivity contribution in [3.63, 3.8) is 0 Å². The van der Waals surface area contributed by atoms with Crippen molar-refractivity contribution in [1.82, 2.24) is 5.32 Å². The van der Waals surface area contributed by atoms with Gasteiger partial charge in [0, 0.05) is 17.9 Å². The smallest absolute Gasteiger partial charge is 0.241 e. The lowest BCUT2D eigenvalue weighted by Crippen LogP contribution is -2.43. The van der Waals surface area contributed by atoms with Crippen molar-refractivity contribution in [2.75, 3.05) is 11.9 Å². The van der Waals surface area contributed by atoms with Gasteiger partial charge >= 0.3 is 0 Å². The average Bonchev–Trinajstić information content (AvgIpc) is 3.07. The number of amides is 1. The van der Waals surface area contributed by atoms with E-state index < -0.39 is 6.04 Å². The second-order valence-corrected chi connectivity index (χ2v) is 8.26. The van der Waals surface area contributed by atoms with E-state index in [4.69, 9.17) is 5.73 Å². The van der Waals surface area contributed by atoms with Gasteiger partial charge in [0.2, 0.25) is 5.91 Å². The van der Waals surface area contributed by atoms with Gasteiger partial charge < -0.3 is 16.4 Å². The number of anilines is 1. The van der Waals surface area contributed by atoms with Gasteiger partial charge in [0.1, 0.15) is 6.04 Å². The first-order chi connectivity index (χ1) is 12.9. The van der Waals surface area contributed by atoms with Crippen LogP contribution < -0.4 is 16.4 Å². The molecule has 4 nitrogen and oxygen atoms in total. The van der Waals surface area contributed by atoms with Gasteiger partial charge in [0.25, 0.3) is 0 Å². The topological polar surface area (TPSA) is 67.1 Å². The Morgan fingerprint density at radius 2 is 2.04 bits per heavy atom. The molecule has 4 N–H and O–H groups in total. The standard InChI is InChI=1S/C23H33N3O/c1-15-9-11-20(17(3)12-15)26-21-7-5-4-6-19(21)22(24)23(27)25-14-18-10-8-16(2)13-18/h9-12,16,22,26H,4-8,13-14,24H2,1-3H3,(H,25,27). The van der Waals surface area contributed by atoms with Crippen molar-refractivity contribution >= 4 is 11.6 Å². The van der Waals surface area contributed by atoms with Gasteiger partial charge in [0.15, 0.2) is 0 Å². The molecule has 2 atom stereocenters. The molecule has 0 bridgehead atoms. The summed E-state index contributed by atoms with van der Waals surface area (Å²) >= 11 is 0. The predicted molar refractivity (Wildman–Crippen MR) is 112 cm³/mol. The van der Waals surface area contributed by atoms with Crippen molar-refractivity contribution < 1.29 is 4.79 Å². The Labute approximate surface area is 163 Å². The van der Waals surface area contributed by atoms with Crippen molar-refractivity contribution in [3.8, 4) is 0 Å². The van der Waals surface area contributed by atoms with Crippen LogP contribution in [-0.2, 0) is 4.79 Å². The molecule has 0 fully saturated rings. The minimum atomic E-state index is -0.571. The second kappa shape index (κ2) is 8.75. The van der Waals surface area contributed by atoms with E-state index >= 15 is 0 Å². The number of carbonyl (C=O) groups excluding carboxylic acids is 1. The highest BCUT2D eigenvalue weighted by Crippen LogP contribution is 2.29. The van der Waals surface area contributed by atoms with E-state index in [1.807, 2.05) is 0 Å². The Kier molecular flexibility index (Phi) is 6.38. The molecule has 0 saturated heterocycles. The van der Waals surface area contributed by atoms with E-state index in [-0.39, 0.29) is 5.91 Å². The number of allylic oxidation sites excluding steroid dienone is 2. The first-order valence-electron chi connectivity index (χ1n) is 10.2. The fraction of sp³-hybridized carbons (Fsp3) is 0.522. The van der Waals surface area contributed by atoms with Crippen LogP contribution in [0.3, 0.4) is 0 Å².